The normalized spacial score (nSPS) is 23.4. The molecule has 0 N–H and O–H groups in total. The van der Waals surface area contributed by atoms with Gasteiger partial charge in [-0.25, -0.2) is 0 Å². The third-order valence-corrected chi connectivity index (χ3v) is 3.40. The van der Waals surface area contributed by atoms with Crippen molar-refractivity contribution in [3.05, 3.63) is 0 Å². The van der Waals surface area contributed by atoms with Gasteiger partial charge < -0.3 is 4.74 Å². The molecule has 0 aromatic rings. The Bertz CT molecular complexity index is 143. The zero-order valence-electron chi connectivity index (χ0n) is 9.96. The summed E-state index contributed by atoms with van der Waals surface area (Å²) in [5.74, 6) is 0.827. The predicted octanol–water partition coefficient (Wildman–Crippen LogP) is 2.53. The Labute approximate surface area is 88.6 Å². The van der Waals surface area contributed by atoms with Gasteiger partial charge >= 0.3 is 0 Å². The maximum atomic E-state index is 5.40. The number of nitrogens with zero attached hydrogens (tertiary/aromatic N) is 1. The third-order valence-electron chi connectivity index (χ3n) is 3.40. The van der Waals surface area contributed by atoms with E-state index in [-0.39, 0.29) is 0 Å². The zero-order chi connectivity index (χ0) is 10.4. The Morgan fingerprint density at radius 1 is 1.21 bits per heavy atom. The van der Waals surface area contributed by atoms with E-state index in [1.54, 1.807) is 0 Å². The molecular formula is C12H25NO. The van der Waals surface area contributed by atoms with Gasteiger partial charge in [-0.1, -0.05) is 33.6 Å². The highest BCUT2D eigenvalue weighted by Gasteiger charge is 2.23. The van der Waals surface area contributed by atoms with Gasteiger partial charge in [-0.15, -0.1) is 0 Å². The molecule has 84 valence electrons. The summed E-state index contributed by atoms with van der Waals surface area (Å²) in [4.78, 5) is 2.63. The first-order valence-corrected chi connectivity index (χ1v) is 6.11. The molecule has 0 amide bonds. The molecule has 1 aliphatic heterocycles. The van der Waals surface area contributed by atoms with Crippen LogP contribution >= 0.6 is 0 Å². The molecule has 1 heterocycles. The minimum Gasteiger partial charge on any atom is -0.379 e. The largest absolute Gasteiger partial charge is 0.379 e. The van der Waals surface area contributed by atoms with E-state index in [1.807, 2.05) is 0 Å². The van der Waals surface area contributed by atoms with Crippen LogP contribution in [0, 0.1) is 5.92 Å². The molecule has 0 aliphatic carbocycles. The summed E-state index contributed by atoms with van der Waals surface area (Å²) in [5, 5.41) is 0. The van der Waals surface area contributed by atoms with Crippen molar-refractivity contribution in [2.75, 3.05) is 26.3 Å². The maximum Gasteiger partial charge on any atom is 0.0594 e. The van der Waals surface area contributed by atoms with Gasteiger partial charge in [0.15, 0.2) is 0 Å². The van der Waals surface area contributed by atoms with Gasteiger partial charge in [0, 0.05) is 19.1 Å². The summed E-state index contributed by atoms with van der Waals surface area (Å²) < 4.78 is 5.40. The molecule has 0 saturated carbocycles. The summed E-state index contributed by atoms with van der Waals surface area (Å²) >= 11 is 0. The average Bonchev–Trinajstić information content (AvgIpc) is 2.26. The van der Waals surface area contributed by atoms with Crippen molar-refractivity contribution in [2.45, 2.75) is 46.1 Å². The van der Waals surface area contributed by atoms with Gasteiger partial charge in [-0.05, 0) is 12.3 Å². The molecule has 0 spiro atoms. The predicted molar refractivity (Wildman–Crippen MR) is 60.5 cm³/mol. The highest BCUT2D eigenvalue weighted by atomic mass is 16.5. The Hall–Kier alpha value is -0.0800. The lowest BCUT2D eigenvalue weighted by molar-refractivity contribution is 0.00168. The van der Waals surface area contributed by atoms with Crippen molar-refractivity contribution in [1.29, 1.82) is 0 Å². The van der Waals surface area contributed by atoms with E-state index >= 15 is 0 Å². The molecule has 1 fully saturated rings. The SMILES string of the molecule is CCCC(C(C)CC)N1CCOCC1. The van der Waals surface area contributed by atoms with Crippen LogP contribution in [0.5, 0.6) is 0 Å². The monoisotopic (exact) mass is 199 g/mol. The van der Waals surface area contributed by atoms with Crippen molar-refractivity contribution in [1.82, 2.24) is 4.90 Å². The molecule has 1 aliphatic rings. The lowest BCUT2D eigenvalue weighted by Crippen LogP contribution is -2.46. The zero-order valence-corrected chi connectivity index (χ0v) is 9.96. The van der Waals surface area contributed by atoms with E-state index < -0.39 is 0 Å². The van der Waals surface area contributed by atoms with Crippen LogP contribution in [0.2, 0.25) is 0 Å². The number of morpholine rings is 1. The average molecular weight is 199 g/mol. The number of ether oxygens (including phenoxy) is 1. The number of hydrogen-bond acceptors (Lipinski definition) is 2. The van der Waals surface area contributed by atoms with E-state index in [1.165, 1.54) is 19.3 Å². The fourth-order valence-electron chi connectivity index (χ4n) is 2.30. The van der Waals surface area contributed by atoms with Gasteiger partial charge in [-0.3, -0.25) is 4.90 Å². The van der Waals surface area contributed by atoms with E-state index in [2.05, 4.69) is 25.7 Å². The molecule has 0 radical (unpaired) electrons. The van der Waals surface area contributed by atoms with Gasteiger partial charge in [0.25, 0.3) is 0 Å². The summed E-state index contributed by atoms with van der Waals surface area (Å²) in [6.45, 7) is 11.1. The smallest absolute Gasteiger partial charge is 0.0594 e. The molecule has 0 aromatic carbocycles. The first-order chi connectivity index (χ1) is 6.79. The highest BCUT2D eigenvalue weighted by Crippen LogP contribution is 2.20. The molecule has 1 saturated heterocycles. The van der Waals surface area contributed by atoms with Crippen molar-refractivity contribution in [3.8, 4) is 0 Å². The van der Waals surface area contributed by atoms with Crippen LogP contribution in [0.3, 0.4) is 0 Å². The second-order valence-corrected chi connectivity index (χ2v) is 4.39. The van der Waals surface area contributed by atoms with Crippen molar-refractivity contribution in [3.63, 3.8) is 0 Å². The van der Waals surface area contributed by atoms with Crippen molar-refractivity contribution < 1.29 is 4.74 Å². The lowest BCUT2D eigenvalue weighted by Gasteiger charge is -2.37. The van der Waals surface area contributed by atoms with Crippen LogP contribution in [0.1, 0.15) is 40.0 Å². The molecule has 14 heavy (non-hydrogen) atoms. The number of rotatable bonds is 5. The van der Waals surface area contributed by atoms with E-state index in [0.717, 1.165) is 38.3 Å². The maximum absolute atomic E-state index is 5.40. The molecule has 0 bridgehead atoms. The van der Waals surface area contributed by atoms with Crippen LogP contribution in [-0.4, -0.2) is 37.2 Å². The topological polar surface area (TPSA) is 12.5 Å². The summed E-state index contributed by atoms with van der Waals surface area (Å²) in [6, 6.07) is 0.786. The summed E-state index contributed by atoms with van der Waals surface area (Å²) in [6.07, 6.45) is 3.93. The van der Waals surface area contributed by atoms with Crippen LogP contribution in [0.15, 0.2) is 0 Å². The van der Waals surface area contributed by atoms with E-state index in [0.29, 0.717) is 0 Å². The van der Waals surface area contributed by atoms with E-state index in [9.17, 15) is 0 Å². The van der Waals surface area contributed by atoms with Crippen molar-refractivity contribution in [2.24, 2.45) is 5.92 Å². The summed E-state index contributed by atoms with van der Waals surface area (Å²) in [5.41, 5.74) is 0. The third kappa shape index (κ3) is 3.25. The highest BCUT2D eigenvalue weighted by molar-refractivity contribution is 4.77. The van der Waals surface area contributed by atoms with Gasteiger partial charge in [0.2, 0.25) is 0 Å². The molecule has 2 atom stereocenters. The first-order valence-electron chi connectivity index (χ1n) is 6.11. The Kier molecular flexibility index (Phi) is 5.49. The van der Waals surface area contributed by atoms with Crippen LogP contribution in [0.4, 0.5) is 0 Å². The van der Waals surface area contributed by atoms with Gasteiger partial charge in [0.05, 0.1) is 13.2 Å². The minimum atomic E-state index is 0.786. The summed E-state index contributed by atoms with van der Waals surface area (Å²) in [7, 11) is 0. The van der Waals surface area contributed by atoms with E-state index in [4.69, 9.17) is 4.74 Å². The minimum absolute atomic E-state index is 0.786. The lowest BCUT2D eigenvalue weighted by atomic mass is 9.93. The van der Waals surface area contributed by atoms with Gasteiger partial charge in [-0.2, -0.15) is 0 Å². The first kappa shape index (κ1) is 12.0. The molecule has 2 nitrogen and oxygen atoms in total. The molecule has 1 rings (SSSR count). The Balaban J connectivity index is 2.46. The number of hydrogen-bond donors (Lipinski definition) is 0. The second-order valence-electron chi connectivity index (χ2n) is 4.39. The fourth-order valence-corrected chi connectivity index (χ4v) is 2.30. The second kappa shape index (κ2) is 6.41. The molecule has 2 unspecified atom stereocenters. The Morgan fingerprint density at radius 2 is 1.86 bits per heavy atom. The van der Waals surface area contributed by atoms with Crippen LogP contribution in [0.25, 0.3) is 0 Å². The molecular weight excluding hydrogens is 174 g/mol. The molecule has 0 aromatic heterocycles. The quantitative estimate of drug-likeness (QED) is 0.674. The fraction of sp³-hybridized carbons (Fsp3) is 1.00. The Morgan fingerprint density at radius 3 is 2.36 bits per heavy atom. The standard InChI is InChI=1S/C12H25NO/c1-4-6-12(11(3)5-2)13-7-9-14-10-8-13/h11-12H,4-10H2,1-3H3. The molecule has 2 heteroatoms. The van der Waals surface area contributed by atoms with Crippen molar-refractivity contribution >= 4 is 0 Å². The van der Waals surface area contributed by atoms with Crippen LogP contribution in [-0.2, 0) is 4.74 Å². The van der Waals surface area contributed by atoms with Crippen LogP contribution < -0.4 is 0 Å². The van der Waals surface area contributed by atoms with Gasteiger partial charge in [0.1, 0.15) is 0 Å².